The van der Waals surface area contributed by atoms with Gasteiger partial charge in [0, 0.05) is 13.2 Å². The van der Waals surface area contributed by atoms with E-state index in [1.165, 1.54) is 0 Å². The first-order chi connectivity index (χ1) is 8.01. The van der Waals surface area contributed by atoms with E-state index >= 15 is 0 Å². The Morgan fingerprint density at radius 2 is 2.00 bits per heavy atom. The molecule has 0 spiro atoms. The lowest BCUT2D eigenvalue weighted by molar-refractivity contribution is 0.0255. The fourth-order valence-electron chi connectivity index (χ4n) is 1.47. The van der Waals surface area contributed by atoms with Crippen LogP contribution in [0.15, 0.2) is 0 Å². The standard InChI is InChI=1S/C12H26N2O3/c1-5-17-11(9(2)3)6-7-13-12(16)14-10(4)8-15/h9-11,15H,5-8H2,1-4H3,(H2,13,14,16). The third-order valence-electron chi connectivity index (χ3n) is 2.49. The fraction of sp³-hybridized carbons (Fsp3) is 0.917. The van der Waals surface area contributed by atoms with Crippen molar-refractivity contribution >= 4 is 6.03 Å². The third kappa shape index (κ3) is 7.99. The monoisotopic (exact) mass is 246 g/mol. The second-order valence-electron chi connectivity index (χ2n) is 4.51. The molecule has 102 valence electrons. The summed E-state index contributed by atoms with van der Waals surface area (Å²) in [4.78, 5) is 11.3. The lowest BCUT2D eigenvalue weighted by Gasteiger charge is -2.21. The molecule has 0 aromatic heterocycles. The lowest BCUT2D eigenvalue weighted by Crippen LogP contribution is -2.43. The Hall–Kier alpha value is -0.810. The van der Waals surface area contributed by atoms with Crippen LogP contribution in [0, 0.1) is 5.92 Å². The maximum Gasteiger partial charge on any atom is 0.315 e. The molecule has 2 atom stereocenters. The van der Waals surface area contributed by atoms with Crippen LogP contribution < -0.4 is 10.6 Å². The number of urea groups is 1. The highest BCUT2D eigenvalue weighted by Gasteiger charge is 2.13. The number of ether oxygens (including phenoxy) is 1. The molecule has 0 aromatic rings. The summed E-state index contributed by atoms with van der Waals surface area (Å²) >= 11 is 0. The Bertz CT molecular complexity index is 210. The highest BCUT2D eigenvalue weighted by atomic mass is 16.5. The molecule has 0 saturated carbocycles. The number of amides is 2. The summed E-state index contributed by atoms with van der Waals surface area (Å²) < 4.78 is 5.58. The van der Waals surface area contributed by atoms with E-state index in [9.17, 15) is 4.79 Å². The Kier molecular flexibility index (Phi) is 8.80. The van der Waals surface area contributed by atoms with Crippen molar-refractivity contribution in [1.82, 2.24) is 10.6 Å². The highest BCUT2D eigenvalue weighted by Crippen LogP contribution is 2.09. The van der Waals surface area contributed by atoms with Gasteiger partial charge in [0.15, 0.2) is 0 Å². The van der Waals surface area contributed by atoms with Gasteiger partial charge in [-0.15, -0.1) is 0 Å². The summed E-state index contributed by atoms with van der Waals surface area (Å²) in [5, 5.41) is 14.2. The zero-order chi connectivity index (χ0) is 13.3. The van der Waals surface area contributed by atoms with Gasteiger partial charge in [-0.05, 0) is 26.2 Å². The van der Waals surface area contributed by atoms with E-state index in [0.717, 1.165) is 6.42 Å². The van der Waals surface area contributed by atoms with E-state index in [1.807, 2.05) is 6.92 Å². The van der Waals surface area contributed by atoms with Crippen molar-refractivity contribution < 1.29 is 14.6 Å². The van der Waals surface area contributed by atoms with Gasteiger partial charge in [0.25, 0.3) is 0 Å². The van der Waals surface area contributed by atoms with E-state index < -0.39 is 0 Å². The fourth-order valence-corrected chi connectivity index (χ4v) is 1.47. The van der Waals surface area contributed by atoms with Crippen LogP contribution >= 0.6 is 0 Å². The molecule has 2 amide bonds. The van der Waals surface area contributed by atoms with Crippen molar-refractivity contribution in [3.63, 3.8) is 0 Å². The maximum atomic E-state index is 11.3. The number of carbonyl (C=O) groups is 1. The predicted octanol–water partition coefficient (Wildman–Crippen LogP) is 1.12. The van der Waals surface area contributed by atoms with Gasteiger partial charge in [-0.3, -0.25) is 0 Å². The van der Waals surface area contributed by atoms with E-state index in [4.69, 9.17) is 9.84 Å². The second-order valence-corrected chi connectivity index (χ2v) is 4.51. The maximum absolute atomic E-state index is 11.3. The smallest absolute Gasteiger partial charge is 0.315 e. The summed E-state index contributed by atoms with van der Waals surface area (Å²) in [6.07, 6.45) is 0.974. The molecular weight excluding hydrogens is 220 g/mol. The molecule has 5 nitrogen and oxygen atoms in total. The first kappa shape index (κ1) is 16.2. The molecule has 0 rings (SSSR count). The zero-order valence-corrected chi connectivity index (χ0v) is 11.3. The van der Waals surface area contributed by atoms with Gasteiger partial charge in [-0.1, -0.05) is 13.8 Å². The second kappa shape index (κ2) is 9.24. The molecular formula is C12H26N2O3. The molecule has 0 saturated heterocycles. The zero-order valence-electron chi connectivity index (χ0n) is 11.3. The summed E-state index contributed by atoms with van der Waals surface area (Å²) in [6, 6.07) is -0.464. The average molecular weight is 246 g/mol. The summed E-state index contributed by atoms with van der Waals surface area (Å²) in [6.45, 7) is 9.14. The number of hydrogen-bond acceptors (Lipinski definition) is 3. The van der Waals surface area contributed by atoms with E-state index in [0.29, 0.717) is 19.1 Å². The number of carbonyl (C=O) groups excluding carboxylic acids is 1. The Morgan fingerprint density at radius 1 is 1.35 bits per heavy atom. The number of aliphatic hydroxyl groups is 1. The van der Waals surface area contributed by atoms with Gasteiger partial charge >= 0.3 is 6.03 Å². The topological polar surface area (TPSA) is 70.6 Å². The van der Waals surface area contributed by atoms with Crippen LogP contribution in [-0.2, 0) is 4.74 Å². The Balaban J connectivity index is 3.76. The number of aliphatic hydroxyl groups excluding tert-OH is 1. The van der Waals surface area contributed by atoms with Gasteiger partial charge in [0.1, 0.15) is 0 Å². The average Bonchev–Trinajstić information content (AvgIpc) is 2.27. The minimum atomic E-state index is -0.245. The molecule has 0 aliphatic carbocycles. The predicted molar refractivity (Wildman–Crippen MR) is 68.0 cm³/mol. The molecule has 0 bridgehead atoms. The van der Waals surface area contributed by atoms with E-state index in [1.54, 1.807) is 6.92 Å². The quantitative estimate of drug-likeness (QED) is 0.601. The molecule has 0 heterocycles. The minimum Gasteiger partial charge on any atom is -0.394 e. The lowest BCUT2D eigenvalue weighted by atomic mass is 10.0. The first-order valence-corrected chi connectivity index (χ1v) is 6.28. The molecule has 0 fully saturated rings. The molecule has 2 unspecified atom stereocenters. The van der Waals surface area contributed by atoms with Crippen LogP contribution in [0.4, 0.5) is 4.79 Å². The Morgan fingerprint density at radius 3 is 2.47 bits per heavy atom. The molecule has 0 aromatic carbocycles. The van der Waals surface area contributed by atoms with Crippen LogP contribution in [0.5, 0.6) is 0 Å². The van der Waals surface area contributed by atoms with Gasteiger partial charge in [-0.2, -0.15) is 0 Å². The highest BCUT2D eigenvalue weighted by molar-refractivity contribution is 5.74. The summed E-state index contributed by atoms with van der Waals surface area (Å²) in [5.74, 6) is 0.441. The van der Waals surface area contributed by atoms with Crippen molar-refractivity contribution in [1.29, 1.82) is 0 Å². The summed E-state index contributed by atoms with van der Waals surface area (Å²) in [5.41, 5.74) is 0. The Labute approximate surface area is 104 Å². The third-order valence-corrected chi connectivity index (χ3v) is 2.49. The van der Waals surface area contributed by atoms with Crippen molar-refractivity contribution in [2.45, 2.75) is 46.3 Å². The van der Waals surface area contributed by atoms with Crippen LogP contribution in [0.3, 0.4) is 0 Å². The molecule has 17 heavy (non-hydrogen) atoms. The van der Waals surface area contributed by atoms with Gasteiger partial charge in [-0.25, -0.2) is 4.79 Å². The van der Waals surface area contributed by atoms with E-state index in [2.05, 4.69) is 24.5 Å². The van der Waals surface area contributed by atoms with Crippen molar-refractivity contribution in [3.8, 4) is 0 Å². The number of hydrogen-bond donors (Lipinski definition) is 3. The largest absolute Gasteiger partial charge is 0.394 e. The van der Waals surface area contributed by atoms with Crippen LogP contribution in [0.25, 0.3) is 0 Å². The van der Waals surface area contributed by atoms with Gasteiger partial charge < -0.3 is 20.5 Å². The van der Waals surface area contributed by atoms with Crippen LogP contribution in [-0.4, -0.2) is 43.0 Å². The molecule has 0 aliphatic heterocycles. The van der Waals surface area contributed by atoms with Gasteiger partial charge in [0.05, 0.1) is 18.8 Å². The first-order valence-electron chi connectivity index (χ1n) is 6.28. The molecule has 5 heteroatoms. The number of rotatable bonds is 8. The minimum absolute atomic E-state index is 0.0546. The van der Waals surface area contributed by atoms with Crippen molar-refractivity contribution in [2.75, 3.05) is 19.8 Å². The van der Waals surface area contributed by atoms with Crippen molar-refractivity contribution in [3.05, 3.63) is 0 Å². The number of nitrogens with one attached hydrogen (secondary N) is 2. The normalized spacial score (nSPS) is 14.5. The molecule has 0 radical (unpaired) electrons. The molecule has 3 N–H and O–H groups in total. The van der Waals surface area contributed by atoms with Crippen LogP contribution in [0.2, 0.25) is 0 Å². The summed E-state index contributed by atoms with van der Waals surface area (Å²) in [7, 11) is 0. The van der Waals surface area contributed by atoms with Crippen molar-refractivity contribution in [2.24, 2.45) is 5.92 Å². The van der Waals surface area contributed by atoms with Gasteiger partial charge in [0.2, 0.25) is 0 Å². The van der Waals surface area contributed by atoms with E-state index in [-0.39, 0.29) is 24.8 Å². The SMILES string of the molecule is CCOC(CCNC(=O)NC(C)CO)C(C)C. The molecule has 0 aliphatic rings. The van der Waals surface area contributed by atoms with Crippen LogP contribution in [0.1, 0.15) is 34.1 Å².